The maximum atomic E-state index is 12.4. The summed E-state index contributed by atoms with van der Waals surface area (Å²) in [4.78, 5) is 26.9. The predicted octanol–water partition coefficient (Wildman–Crippen LogP) is 2.50. The molecule has 126 valence electrons. The van der Waals surface area contributed by atoms with Crippen molar-refractivity contribution in [2.24, 2.45) is 0 Å². The SMILES string of the molecule is CC(=O)N1CCN(C(=O)/C(C#N)=C\Nc2ccc(Cl)cc2Cl)CC1. The van der Waals surface area contributed by atoms with Crippen molar-refractivity contribution in [3.8, 4) is 6.07 Å². The first-order valence-corrected chi connectivity index (χ1v) is 8.04. The topological polar surface area (TPSA) is 76.4 Å². The molecule has 6 nitrogen and oxygen atoms in total. The Morgan fingerprint density at radius 3 is 2.38 bits per heavy atom. The van der Waals surface area contributed by atoms with Gasteiger partial charge in [-0.05, 0) is 18.2 Å². The quantitative estimate of drug-likeness (QED) is 0.658. The first-order valence-electron chi connectivity index (χ1n) is 7.29. The number of hydrogen-bond donors (Lipinski definition) is 1. The van der Waals surface area contributed by atoms with Crippen molar-refractivity contribution < 1.29 is 9.59 Å². The molecule has 1 aromatic carbocycles. The summed E-state index contributed by atoms with van der Waals surface area (Å²) in [5.41, 5.74) is 0.514. The molecule has 8 heteroatoms. The first kappa shape index (κ1) is 18.1. The molecule has 1 aliphatic rings. The minimum absolute atomic E-state index is 0.0165. The summed E-state index contributed by atoms with van der Waals surface area (Å²) in [5.74, 6) is -0.393. The van der Waals surface area contributed by atoms with Gasteiger partial charge in [0.15, 0.2) is 0 Å². The summed E-state index contributed by atoms with van der Waals surface area (Å²) in [6.07, 6.45) is 1.33. The summed E-state index contributed by atoms with van der Waals surface area (Å²) in [6.45, 7) is 3.24. The van der Waals surface area contributed by atoms with Crippen molar-refractivity contribution >= 4 is 40.7 Å². The van der Waals surface area contributed by atoms with Crippen molar-refractivity contribution in [2.75, 3.05) is 31.5 Å². The second-order valence-electron chi connectivity index (χ2n) is 5.24. The second kappa shape index (κ2) is 8.04. The standard InChI is InChI=1S/C16H16Cl2N4O2/c1-11(23)21-4-6-22(7-5-21)16(24)12(9-19)10-20-15-3-2-13(17)8-14(15)18/h2-3,8,10,20H,4-7H2,1H3/b12-10-. The van der Waals surface area contributed by atoms with Crippen molar-refractivity contribution in [3.63, 3.8) is 0 Å². The fourth-order valence-corrected chi connectivity index (χ4v) is 2.76. The van der Waals surface area contributed by atoms with E-state index in [1.807, 2.05) is 6.07 Å². The van der Waals surface area contributed by atoms with Crippen LogP contribution >= 0.6 is 23.2 Å². The number of piperazine rings is 1. The molecular formula is C16H16Cl2N4O2. The van der Waals surface area contributed by atoms with E-state index in [1.54, 1.807) is 28.0 Å². The number of amides is 2. The highest BCUT2D eigenvalue weighted by molar-refractivity contribution is 6.36. The van der Waals surface area contributed by atoms with Gasteiger partial charge >= 0.3 is 0 Å². The van der Waals surface area contributed by atoms with E-state index in [-0.39, 0.29) is 17.4 Å². The maximum absolute atomic E-state index is 12.4. The van der Waals surface area contributed by atoms with Gasteiger partial charge in [0.25, 0.3) is 5.91 Å². The molecule has 2 rings (SSSR count). The smallest absolute Gasteiger partial charge is 0.266 e. The summed E-state index contributed by atoms with van der Waals surface area (Å²) < 4.78 is 0. The summed E-state index contributed by atoms with van der Waals surface area (Å²) in [5, 5.41) is 13.0. The number of nitrogens with one attached hydrogen (secondary N) is 1. The predicted molar refractivity (Wildman–Crippen MR) is 92.6 cm³/mol. The van der Waals surface area contributed by atoms with Crippen LogP contribution in [0.15, 0.2) is 30.0 Å². The lowest BCUT2D eigenvalue weighted by Gasteiger charge is -2.34. The Balaban J connectivity index is 2.04. The molecule has 2 amide bonds. The van der Waals surface area contributed by atoms with Gasteiger partial charge in [-0.2, -0.15) is 5.26 Å². The lowest BCUT2D eigenvalue weighted by molar-refractivity contribution is -0.136. The molecule has 0 bridgehead atoms. The van der Waals surface area contributed by atoms with Gasteiger partial charge in [0.2, 0.25) is 5.91 Å². The molecule has 1 aromatic rings. The van der Waals surface area contributed by atoms with Crippen molar-refractivity contribution in [1.82, 2.24) is 9.80 Å². The van der Waals surface area contributed by atoms with Crippen LogP contribution in [0.25, 0.3) is 0 Å². The molecule has 0 atom stereocenters. The molecule has 1 aliphatic heterocycles. The first-order chi connectivity index (χ1) is 11.4. The Kier molecular flexibility index (Phi) is 6.07. The zero-order valence-corrected chi connectivity index (χ0v) is 14.6. The molecule has 0 radical (unpaired) electrons. The fourth-order valence-electron chi connectivity index (χ4n) is 2.29. The molecule has 1 saturated heterocycles. The van der Waals surface area contributed by atoms with Crippen LogP contribution in [0.1, 0.15) is 6.92 Å². The number of nitrogens with zero attached hydrogens (tertiary/aromatic N) is 3. The summed E-state index contributed by atoms with van der Waals surface area (Å²) in [7, 11) is 0. The van der Waals surface area contributed by atoms with Gasteiger partial charge < -0.3 is 15.1 Å². The van der Waals surface area contributed by atoms with E-state index in [0.717, 1.165) is 0 Å². The van der Waals surface area contributed by atoms with E-state index in [4.69, 9.17) is 23.2 Å². The molecule has 0 spiro atoms. The van der Waals surface area contributed by atoms with Gasteiger partial charge in [0, 0.05) is 44.3 Å². The van der Waals surface area contributed by atoms with Crippen LogP contribution in [0.5, 0.6) is 0 Å². The number of benzene rings is 1. The van der Waals surface area contributed by atoms with Crippen LogP contribution in [0, 0.1) is 11.3 Å². The lowest BCUT2D eigenvalue weighted by Crippen LogP contribution is -2.50. The lowest BCUT2D eigenvalue weighted by atomic mass is 10.2. The number of carbonyl (C=O) groups is 2. The van der Waals surface area contributed by atoms with Crippen LogP contribution in [-0.4, -0.2) is 47.8 Å². The molecule has 0 unspecified atom stereocenters. The van der Waals surface area contributed by atoms with Crippen LogP contribution in [-0.2, 0) is 9.59 Å². The van der Waals surface area contributed by atoms with E-state index >= 15 is 0 Å². The third-order valence-electron chi connectivity index (χ3n) is 3.67. The average molecular weight is 367 g/mol. The van der Waals surface area contributed by atoms with E-state index in [0.29, 0.717) is 41.9 Å². The zero-order valence-electron chi connectivity index (χ0n) is 13.1. The minimum Gasteiger partial charge on any atom is -0.359 e. The Morgan fingerprint density at radius 1 is 1.21 bits per heavy atom. The molecule has 0 saturated carbocycles. The van der Waals surface area contributed by atoms with Crippen molar-refractivity contribution in [3.05, 3.63) is 40.0 Å². The highest BCUT2D eigenvalue weighted by Crippen LogP contribution is 2.25. The van der Waals surface area contributed by atoms with Gasteiger partial charge in [0.05, 0.1) is 10.7 Å². The van der Waals surface area contributed by atoms with E-state index in [2.05, 4.69) is 5.32 Å². The van der Waals surface area contributed by atoms with Crippen molar-refractivity contribution in [1.29, 1.82) is 5.26 Å². The van der Waals surface area contributed by atoms with E-state index < -0.39 is 0 Å². The van der Waals surface area contributed by atoms with Gasteiger partial charge in [-0.25, -0.2) is 0 Å². The van der Waals surface area contributed by atoms with Gasteiger partial charge in [-0.1, -0.05) is 23.2 Å². The van der Waals surface area contributed by atoms with E-state index in [9.17, 15) is 14.9 Å². The summed E-state index contributed by atoms with van der Waals surface area (Å²) in [6, 6.07) is 6.77. The Labute approximate surface area is 150 Å². The highest BCUT2D eigenvalue weighted by atomic mass is 35.5. The van der Waals surface area contributed by atoms with Crippen LogP contribution in [0.4, 0.5) is 5.69 Å². The maximum Gasteiger partial charge on any atom is 0.266 e. The number of nitriles is 1. The summed E-state index contributed by atoms with van der Waals surface area (Å²) >= 11 is 11.9. The number of anilines is 1. The fraction of sp³-hybridized carbons (Fsp3) is 0.312. The number of carbonyl (C=O) groups excluding carboxylic acids is 2. The Hall–Kier alpha value is -2.23. The molecule has 1 heterocycles. The molecule has 24 heavy (non-hydrogen) atoms. The van der Waals surface area contributed by atoms with Crippen molar-refractivity contribution in [2.45, 2.75) is 6.92 Å². The van der Waals surface area contributed by atoms with Crippen LogP contribution in [0.3, 0.4) is 0 Å². The number of rotatable bonds is 3. The average Bonchev–Trinajstić information content (AvgIpc) is 2.57. The second-order valence-corrected chi connectivity index (χ2v) is 6.08. The molecule has 1 fully saturated rings. The Bertz CT molecular complexity index is 719. The van der Waals surface area contributed by atoms with Crippen LogP contribution < -0.4 is 5.32 Å². The van der Waals surface area contributed by atoms with Crippen LogP contribution in [0.2, 0.25) is 10.0 Å². The molecule has 0 aromatic heterocycles. The van der Waals surface area contributed by atoms with Gasteiger partial charge in [-0.3, -0.25) is 9.59 Å². The largest absolute Gasteiger partial charge is 0.359 e. The van der Waals surface area contributed by atoms with E-state index in [1.165, 1.54) is 13.1 Å². The number of hydrogen-bond acceptors (Lipinski definition) is 4. The van der Waals surface area contributed by atoms with Gasteiger partial charge in [0.1, 0.15) is 11.6 Å². The monoisotopic (exact) mass is 366 g/mol. The molecule has 1 N–H and O–H groups in total. The third-order valence-corrected chi connectivity index (χ3v) is 4.21. The third kappa shape index (κ3) is 4.40. The highest BCUT2D eigenvalue weighted by Gasteiger charge is 2.24. The molecular weight excluding hydrogens is 351 g/mol. The number of halogens is 2. The zero-order chi connectivity index (χ0) is 17.7. The normalized spacial score (nSPS) is 15.0. The van der Waals surface area contributed by atoms with Gasteiger partial charge in [-0.15, -0.1) is 0 Å². The minimum atomic E-state index is -0.377. The molecule has 0 aliphatic carbocycles. The Morgan fingerprint density at radius 2 is 1.83 bits per heavy atom.